The summed E-state index contributed by atoms with van der Waals surface area (Å²) in [5.41, 5.74) is 3.32. The molecule has 10 heteroatoms. The minimum absolute atomic E-state index is 0.0157. The number of aromatic amines is 1. The van der Waals surface area contributed by atoms with Crippen LogP contribution < -0.4 is 15.7 Å². The number of hydrazone groups is 1. The van der Waals surface area contributed by atoms with Gasteiger partial charge in [-0.15, -0.1) is 0 Å². The minimum Gasteiger partial charge on any atom is -0.488 e. The monoisotopic (exact) mass is 491 g/mol. The number of ether oxygens (including phenoxy) is 1. The summed E-state index contributed by atoms with van der Waals surface area (Å²) in [5.74, 6) is -1.04. The molecule has 1 aromatic heterocycles. The van der Waals surface area contributed by atoms with Crippen LogP contribution in [0.4, 0.5) is 14.7 Å². The Labute approximate surface area is 203 Å². The highest BCUT2D eigenvalue weighted by molar-refractivity contribution is 6.30. The molecular weight excluding hydrogens is 476 g/mol. The largest absolute Gasteiger partial charge is 0.488 e. The fourth-order valence-electron chi connectivity index (χ4n) is 3.14. The normalized spacial score (nSPS) is 10.8. The highest BCUT2D eigenvalue weighted by Crippen LogP contribution is 2.24. The van der Waals surface area contributed by atoms with Crippen LogP contribution in [0.3, 0.4) is 0 Å². The predicted octanol–water partition coefficient (Wildman–Crippen LogP) is 5.27. The average Bonchev–Trinajstić information content (AvgIpc) is 2.84. The second-order valence-corrected chi connectivity index (χ2v) is 7.63. The number of anilines is 1. The van der Waals surface area contributed by atoms with Gasteiger partial charge in [0.25, 0.3) is 5.56 Å². The maximum atomic E-state index is 13.9. The topological polar surface area (TPSA) is 103 Å². The van der Waals surface area contributed by atoms with E-state index in [0.717, 1.165) is 12.1 Å². The lowest BCUT2D eigenvalue weighted by atomic mass is 10.1. The van der Waals surface area contributed by atoms with Gasteiger partial charge in [0.05, 0.1) is 11.9 Å². The van der Waals surface area contributed by atoms with Gasteiger partial charge >= 0.3 is 0 Å². The molecule has 0 atom stereocenters. The van der Waals surface area contributed by atoms with E-state index in [9.17, 15) is 18.8 Å². The summed E-state index contributed by atoms with van der Waals surface area (Å²) in [6, 6.07) is 18.6. The molecule has 0 spiro atoms. The number of nitrogens with one attached hydrogen (secondary N) is 2. The van der Waals surface area contributed by atoms with Crippen LogP contribution in [0.2, 0.25) is 5.02 Å². The maximum Gasteiger partial charge on any atom is 0.270 e. The fourth-order valence-corrected chi connectivity index (χ4v) is 3.32. The first-order valence-corrected chi connectivity index (χ1v) is 10.6. The van der Waals surface area contributed by atoms with Gasteiger partial charge in [-0.1, -0.05) is 41.9 Å². The Morgan fingerprint density at radius 1 is 1.14 bits per heavy atom. The molecule has 0 saturated heterocycles. The molecule has 35 heavy (non-hydrogen) atoms. The first-order valence-electron chi connectivity index (χ1n) is 10.2. The number of nitrogens with zero attached hydrogens (tertiary/aromatic N) is 3. The highest BCUT2D eigenvalue weighted by Gasteiger charge is 2.13. The molecule has 3 aromatic carbocycles. The van der Waals surface area contributed by atoms with Crippen LogP contribution >= 0.6 is 11.6 Å². The van der Waals surface area contributed by atoms with Crippen molar-refractivity contribution in [3.05, 3.63) is 110 Å². The van der Waals surface area contributed by atoms with E-state index in [4.69, 9.17) is 16.3 Å². The number of halogens is 3. The lowest BCUT2D eigenvalue weighted by molar-refractivity contribution is 0.299. The van der Waals surface area contributed by atoms with Crippen molar-refractivity contribution in [1.82, 2.24) is 9.97 Å². The zero-order valence-electron chi connectivity index (χ0n) is 17.9. The van der Waals surface area contributed by atoms with Gasteiger partial charge in [0, 0.05) is 27.8 Å². The van der Waals surface area contributed by atoms with Crippen molar-refractivity contribution < 1.29 is 13.5 Å². The summed E-state index contributed by atoms with van der Waals surface area (Å²) < 4.78 is 32.7. The Bertz CT molecular complexity index is 1500. The minimum atomic E-state index is -0.721. The van der Waals surface area contributed by atoms with E-state index >= 15 is 0 Å². The third-order valence-electron chi connectivity index (χ3n) is 4.82. The first-order chi connectivity index (χ1) is 16.9. The van der Waals surface area contributed by atoms with Gasteiger partial charge in [-0.05, 0) is 30.3 Å². The van der Waals surface area contributed by atoms with Crippen molar-refractivity contribution in [2.75, 3.05) is 5.43 Å². The number of H-pyrrole nitrogens is 1. The molecule has 0 radical (unpaired) electrons. The van der Waals surface area contributed by atoms with Crippen molar-refractivity contribution in [2.24, 2.45) is 5.10 Å². The lowest BCUT2D eigenvalue weighted by Gasteiger charge is -2.10. The Morgan fingerprint density at radius 2 is 1.94 bits per heavy atom. The second kappa shape index (κ2) is 10.6. The summed E-state index contributed by atoms with van der Waals surface area (Å²) in [7, 11) is 0. The van der Waals surface area contributed by atoms with Crippen LogP contribution in [0.1, 0.15) is 16.7 Å². The second-order valence-electron chi connectivity index (χ2n) is 7.19. The molecule has 4 aromatic rings. The average molecular weight is 492 g/mol. The molecule has 2 N–H and O–H groups in total. The van der Waals surface area contributed by atoms with Gasteiger partial charge in [-0.25, -0.2) is 19.2 Å². The van der Waals surface area contributed by atoms with Crippen molar-refractivity contribution in [2.45, 2.75) is 6.61 Å². The van der Waals surface area contributed by atoms with Crippen molar-refractivity contribution in [1.29, 1.82) is 5.26 Å². The van der Waals surface area contributed by atoms with Crippen LogP contribution in [0.15, 0.2) is 76.6 Å². The van der Waals surface area contributed by atoms with Crippen molar-refractivity contribution in [3.8, 4) is 23.1 Å². The lowest BCUT2D eigenvalue weighted by Crippen LogP contribution is -2.16. The van der Waals surface area contributed by atoms with Gasteiger partial charge < -0.3 is 4.74 Å². The molecule has 0 unspecified atom stereocenters. The smallest absolute Gasteiger partial charge is 0.270 e. The Balaban J connectivity index is 1.56. The number of hydrogen-bond donors (Lipinski definition) is 2. The van der Waals surface area contributed by atoms with E-state index in [1.54, 1.807) is 48.5 Å². The summed E-state index contributed by atoms with van der Waals surface area (Å²) in [6.45, 7) is -0.146. The number of aromatic nitrogens is 2. The zero-order chi connectivity index (χ0) is 24.8. The van der Waals surface area contributed by atoms with Gasteiger partial charge in [0.15, 0.2) is 0 Å². The van der Waals surface area contributed by atoms with E-state index in [0.29, 0.717) is 21.9 Å². The van der Waals surface area contributed by atoms with Gasteiger partial charge in [-0.3, -0.25) is 9.78 Å². The first kappa shape index (κ1) is 23.6. The van der Waals surface area contributed by atoms with Crippen LogP contribution in [0.5, 0.6) is 5.75 Å². The van der Waals surface area contributed by atoms with E-state index < -0.39 is 17.2 Å². The molecule has 0 fully saturated rings. The van der Waals surface area contributed by atoms with E-state index in [-0.39, 0.29) is 29.4 Å². The predicted molar refractivity (Wildman–Crippen MR) is 128 cm³/mol. The SMILES string of the molecule is N#Cc1c(-c2ccccc2)nc(NN=Cc2cc(Cl)ccc2OCc2ccc(F)cc2F)[nH]c1=O. The molecule has 0 aliphatic heterocycles. The molecule has 1 heterocycles. The highest BCUT2D eigenvalue weighted by atomic mass is 35.5. The molecule has 0 aliphatic rings. The zero-order valence-corrected chi connectivity index (χ0v) is 18.7. The molecule has 0 saturated carbocycles. The summed E-state index contributed by atoms with van der Waals surface area (Å²) in [5, 5.41) is 13.8. The molecule has 0 amide bonds. The number of hydrogen-bond acceptors (Lipinski definition) is 6. The van der Waals surface area contributed by atoms with Gasteiger partial charge in [0.1, 0.15) is 35.6 Å². The van der Waals surface area contributed by atoms with E-state index in [1.165, 1.54) is 12.3 Å². The van der Waals surface area contributed by atoms with Crippen molar-refractivity contribution >= 4 is 23.8 Å². The van der Waals surface area contributed by atoms with E-state index in [1.807, 2.05) is 6.07 Å². The fraction of sp³-hybridized carbons (Fsp3) is 0.0400. The summed E-state index contributed by atoms with van der Waals surface area (Å²) in [6.07, 6.45) is 1.38. The molecule has 0 aliphatic carbocycles. The third kappa shape index (κ3) is 5.69. The van der Waals surface area contributed by atoms with Crippen LogP contribution in [-0.2, 0) is 6.61 Å². The number of nitriles is 1. The van der Waals surface area contributed by atoms with Crippen molar-refractivity contribution in [3.63, 3.8) is 0 Å². The molecular formula is C25H16ClF2N5O2. The number of rotatable bonds is 7. The van der Waals surface area contributed by atoms with Gasteiger partial charge in [-0.2, -0.15) is 10.4 Å². The standard InChI is InChI=1S/C25H16ClF2N5O2/c26-18-7-9-22(35-14-16-6-8-19(27)11-21(16)28)17(10-18)13-30-33-25-31-23(15-4-2-1-3-5-15)20(12-29)24(34)32-25/h1-11,13H,14H2,(H2,31,32,33,34). The summed E-state index contributed by atoms with van der Waals surface area (Å²) in [4.78, 5) is 19.1. The quantitative estimate of drug-likeness (QED) is 0.271. The van der Waals surface area contributed by atoms with Crippen LogP contribution in [0.25, 0.3) is 11.3 Å². The maximum absolute atomic E-state index is 13.9. The Kier molecular flexibility index (Phi) is 7.14. The van der Waals surface area contributed by atoms with E-state index in [2.05, 4.69) is 20.5 Å². The Morgan fingerprint density at radius 3 is 2.69 bits per heavy atom. The number of benzene rings is 3. The third-order valence-corrected chi connectivity index (χ3v) is 5.06. The van der Waals surface area contributed by atoms with Crippen LogP contribution in [0, 0.1) is 23.0 Å². The molecule has 174 valence electrons. The van der Waals surface area contributed by atoms with Gasteiger partial charge in [0.2, 0.25) is 5.95 Å². The molecule has 0 bridgehead atoms. The molecule has 4 rings (SSSR count). The van der Waals surface area contributed by atoms with Crippen LogP contribution in [-0.4, -0.2) is 16.2 Å². The summed E-state index contributed by atoms with van der Waals surface area (Å²) >= 11 is 6.09. The molecule has 7 nitrogen and oxygen atoms in total. The Hall–Kier alpha value is -4.55.